The van der Waals surface area contributed by atoms with E-state index < -0.39 is 20.0 Å². The first-order chi connectivity index (χ1) is 14.6. The maximum atomic E-state index is 13.0. The molecule has 0 saturated carbocycles. The molecule has 2 fully saturated rings. The van der Waals surface area contributed by atoms with Gasteiger partial charge in [0.25, 0.3) is 5.91 Å². The number of piperidine rings is 1. The van der Waals surface area contributed by atoms with Crippen molar-refractivity contribution in [3.05, 3.63) is 28.8 Å². The third kappa shape index (κ3) is 5.96. The Morgan fingerprint density at radius 3 is 2.39 bits per heavy atom. The Hall–Kier alpha value is -1.24. The number of sulfonamides is 2. The highest BCUT2D eigenvalue weighted by Gasteiger charge is 2.31. The zero-order chi connectivity index (χ0) is 22.6. The topological polar surface area (TPSA) is 113 Å². The molecule has 0 atom stereocenters. The highest BCUT2D eigenvalue weighted by molar-refractivity contribution is 7.89. The summed E-state index contributed by atoms with van der Waals surface area (Å²) in [6.07, 6.45) is 1.54. The summed E-state index contributed by atoms with van der Waals surface area (Å²) in [4.78, 5) is 14.5. The molecule has 12 heteroatoms. The summed E-state index contributed by atoms with van der Waals surface area (Å²) in [6.45, 7) is 3.66. The highest BCUT2D eigenvalue weighted by Crippen LogP contribution is 2.27. The van der Waals surface area contributed by atoms with Crippen LogP contribution in [-0.2, 0) is 24.8 Å². The zero-order valence-electron chi connectivity index (χ0n) is 17.4. The maximum Gasteiger partial charge on any atom is 0.253 e. The van der Waals surface area contributed by atoms with E-state index in [9.17, 15) is 21.6 Å². The van der Waals surface area contributed by atoms with Crippen LogP contribution in [0.4, 0.5) is 0 Å². The van der Waals surface area contributed by atoms with Gasteiger partial charge in [-0.1, -0.05) is 18.5 Å². The first-order valence-electron chi connectivity index (χ1n) is 10.3. The highest BCUT2D eigenvalue weighted by atomic mass is 35.5. The van der Waals surface area contributed by atoms with Crippen molar-refractivity contribution in [3.63, 3.8) is 0 Å². The van der Waals surface area contributed by atoms with Crippen molar-refractivity contribution >= 4 is 37.6 Å². The van der Waals surface area contributed by atoms with Gasteiger partial charge in [-0.25, -0.2) is 21.6 Å². The Morgan fingerprint density at radius 2 is 1.77 bits per heavy atom. The smallest absolute Gasteiger partial charge is 0.253 e. The van der Waals surface area contributed by atoms with Crippen molar-refractivity contribution in [2.24, 2.45) is 0 Å². The van der Waals surface area contributed by atoms with E-state index in [4.69, 9.17) is 16.3 Å². The van der Waals surface area contributed by atoms with E-state index >= 15 is 0 Å². The number of likely N-dealkylation sites (tertiary alicyclic amines) is 1. The maximum absolute atomic E-state index is 13.0. The number of carbonyl (C=O) groups excluding carboxylic acids is 1. The molecule has 174 valence electrons. The van der Waals surface area contributed by atoms with Crippen LogP contribution in [0.2, 0.25) is 5.02 Å². The van der Waals surface area contributed by atoms with Gasteiger partial charge < -0.3 is 9.64 Å². The Bertz CT molecular complexity index is 1000. The summed E-state index contributed by atoms with van der Waals surface area (Å²) in [5.41, 5.74) is 0.237. The second kappa shape index (κ2) is 10.1. The first-order valence-corrected chi connectivity index (χ1v) is 13.8. The summed E-state index contributed by atoms with van der Waals surface area (Å²) in [6, 6.07) is 4.06. The van der Waals surface area contributed by atoms with E-state index in [1.54, 1.807) is 11.8 Å². The van der Waals surface area contributed by atoms with Crippen LogP contribution in [0.5, 0.6) is 0 Å². The molecule has 0 radical (unpaired) electrons. The number of rotatable bonds is 7. The molecule has 0 spiro atoms. The summed E-state index contributed by atoms with van der Waals surface area (Å²) < 4.78 is 59.1. The molecule has 0 unspecified atom stereocenters. The molecule has 2 aliphatic heterocycles. The molecular formula is C19H28ClN3O6S2. The number of morpholine rings is 1. The number of nitrogens with one attached hydrogen (secondary N) is 1. The fraction of sp³-hybridized carbons (Fsp3) is 0.632. The lowest BCUT2D eigenvalue weighted by atomic mass is 10.0. The number of benzene rings is 1. The number of halogens is 1. The monoisotopic (exact) mass is 493 g/mol. The number of amides is 1. The summed E-state index contributed by atoms with van der Waals surface area (Å²) in [5, 5.41) is 0.0621. The predicted molar refractivity (Wildman–Crippen MR) is 117 cm³/mol. The summed E-state index contributed by atoms with van der Waals surface area (Å²) in [5.74, 6) is -0.220. The molecule has 3 rings (SSSR count). The molecule has 2 aliphatic rings. The molecule has 0 aromatic heterocycles. The van der Waals surface area contributed by atoms with Crippen LogP contribution in [0.15, 0.2) is 23.1 Å². The van der Waals surface area contributed by atoms with Crippen molar-refractivity contribution in [2.75, 3.05) is 45.1 Å². The lowest BCUT2D eigenvalue weighted by Crippen LogP contribution is -2.47. The van der Waals surface area contributed by atoms with Gasteiger partial charge in [-0.3, -0.25) is 4.79 Å². The van der Waals surface area contributed by atoms with E-state index in [1.807, 2.05) is 0 Å². The quantitative estimate of drug-likeness (QED) is 0.612. The number of carbonyl (C=O) groups is 1. The second-order valence-corrected chi connectivity index (χ2v) is 11.9. The van der Waals surface area contributed by atoms with Crippen molar-refractivity contribution in [3.8, 4) is 0 Å². The molecule has 0 bridgehead atoms. The molecule has 0 aliphatic carbocycles. The van der Waals surface area contributed by atoms with E-state index in [0.717, 1.165) is 0 Å². The van der Waals surface area contributed by atoms with Crippen molar-refractivity contribution in [1.82, 2.24) is 13.9 Å². The van der Waals surface area contributed by atoms with Gasteiger partial charge in [-0.2, -0.15) is 4.31 Å². The van der Waals surface area contributed by atoms with Gasteiger partial charge in [0.1, 0.15) is 4.90 Å². The largest absolute Gasteiger partial charge is 0.379 e. The minimum Gasteiger partial charge on any atom is -0.379 e. The Morgan fingerprint density at radius 1 is 1.13 bits per heavy atom. The molecule has 1 aromatic rings. The molecule has 9 nitrogen and oxygen atoms in total. The number of ether oxygens (including phenoxy) is 1. The lowest BCUT2D eigenvalue weighted by Gasteiger charge is -2.32. The zero-order valence-corrected chi connectivity index (χ0v) is 19.8. The number of nitrogens with zero attached hydrogens (tertiary/aromatic N) is 2. The van der Waals surface area contributed by atoms with Gasteiger partial charge in [0.2, 0.25) is 20.0 Å². The van der Waals surface area contributed by atoms with E-state index in [-0.39, 0.29) is 46.3 Å². The van der Waals surface area contributed by atoms with Crippen LogP contribution in [-0.4, -0.2) is 83.1 Å². The molecule has 2 heterocycles. The van der Waals surface area contributed by atoms with Gasteiger partial charge in [-0.15, -0.1) is 0 Å². The van der Waals surface area contributed by atoms with Crippen LogP contribution >= 0.6 is 11.6 Å². The normalized spacial score (nSPS) is 19.5. The molecule has 31 heavy (non-hydrogen) atoms. The van der Waals surface area contributed by atoms with Crippen LogP contribution in [0.1, 0.15) is 36.5 Å². The third-order valence-electron chi connectivity index (χ3n) is 5.37. The SMILES string of the molecule is CCCS(=O)(=O)NC1CCN(C(=O)c2ccc(Cl)c(S(=O)(=O)N3CCOCC3)c2)CC1. The van der Waals surface area contributed by atoms with Gasteiger partial charge in [0.15, 0.2) is 0 Å². The minimum absolute atomic E-state index is 0.0621. The van der Waals surface area contributed by atoms with Crippen molar-refractivity contribution in [2.45, 2.75) is 37.1 Å². The second-order valence-electron chi connectivity index (χ2n) is 7.66. The van der Waals surface area contributed by atoms with Crippen LogP contribution in [0.3, 0.4) is 0 Å². The third-order valence-corrected chi connectivity index (χ3v) is 9.39. The van der Waals surface area contributed by atoms with E-state index in [0.29, 0.717) is 45.6 Å². The van der Waals surface area contributed by atoms with Gasteiger partial charge in [0, 0.05) is 37.8 Å². The standard InChI is InChI=1S/C19H28ClN3O6S2/c1-2-13-30(25,26)21-16-5-7-22(8-6-16)19(24)15-3-4-17(20)18(14-15)31(27,28)23-9-11-29-12-10-23/h3-4,14,16,21H,2,5-13H2,1H3. The fourth-order valence-electron chi connectivity index (χ4n) is 3.72. The Balaban J connectivity index is 1.70. The van der Waals surface area contributed by atoms with Gasteiger partial charge >= 0.3 is 0 Å². The van der Waals surface area contributed by atoms with Crippen LogP contribution < -0.4 is 4.72 Å². The molecule has 1 N–H and O–H groups in total. The first kappa shape index (κ1) is 24.4. The van der Waals surface area contributed by atoms with Crippen LogP contribution in [0, 0.1) is 0 Å². The van der Waals surface area contributed by atoms with Crippen LogP contribution in [0.25, 0.3) is 0 Å². The number of hydrogen-bond acceptors (Lipinski definition) is 6. The van der Waals surface area contributed by atoms with Crippen molar-refractivity contribution < 1.29 is 26.4 Å². The average Bonchev–Trinajstić information content (AvgIpc) is 2.74. The predicted octanol–water partition coefficient (Wildman–Crippen LogP) is 1.29. The fourth-order valence-corrected chi connectivity index (χ4v) is 7.03. The Kier molecular flexibility index (Phi) is 7.98. The Labute approximate surface area is 188 Å². The average molecular weight is 494 g/mol. The lowest BCUT2D eigenvalue weighted by molar-refractivity contribution is 0.0710. The number of hydrogen-bond donors (Lipinski definition) is 1. The van der Waals surface area contributed by atoms with E-state index in [1.165, 1.54) is 22.5 Å². The molecule has 1 aromatic carbocycles. The molecule has 1 amide bonds. The minimum atomic E-state index is -3.84. The van der Waals surface area contributed by atoms with E-state index in [2.05, 4.69) is 4.72 Å². The summed E-state index contributed by atoms with van der Waals surface area (Å²) in [7, 11) is -7.15. The molecular weight excluding hydrogens is 466 g/mol. The van der Waals surface area contributed by atoms with Gasteiger partial charge in [-0.05, 0) is 37.5 Å². The van der Waals surface area contributed by atoms with Gasteiger partial charge in [0.05, 0.1) is 24.0 Å². The molecule has 2 saturated heterocycles. The van der Waals surface area contributed by atoms with Crippen molar-refractivity contribution in [1.29, 1.82) is 0 Å². The summed E-state index contributed by atoms with van der Waals surface area (Å²) >= 11 is 6.17.